The molecule has 150 valence electrons. The highest BCUT2D eigenvalue weighted by Gasteiger charge is 2.26. The summed E-state index contributed by atoms with van der Waals surface area (Å²) < 4.78 is 3.28. The number of aromatic amines is 1. The number of aromatic nitrogens is 6. The van der Waals surface area contributed by atoms with Crippen molar-refractivity contribution in [2.24, 2.45) is 0 Å². The van der Waals surface area contributed by atoms with E-state index in [1.807, 2.05) is 0 Å². The lowest BCUT2D eigenvalue weighted by atomic mass is 10.1. The van der Waals surface area contributed by atoms with Gasteiger partial charge in [0.25, 0.3) is 0 Å². The van der Waals surface area contributed by atoms with Crippen LogP contribution in [0, 0.1) is 11.3 Å². The number of nitrogens with zero attached hydrogens (tertiary/aromatic N) is 7. The van der Waals surface area contributed by atoms with Crippen LogP contribution in [-0.4, -0.2) is 53.0 Å². The van der Waals surface area contributed by atoms with Gasteiger partial charge < -0.3 is 9.88 Å². The Morgan fingerprint density at radius 3 is 3.03 bits per heavy atom. The smallest absolute Gasteiger partial charge is 0.328 e. The van der Waals surface area contributed by atoms with E-state index >= 15 is 0 Å². The number of carbonyl (C=O) groups is 1. The Kier molecular flexibility index (Phi) is 4.10. The molecule has 4 aromatic rings. The zero-order valence-corrected chi connectivity index (χ0v) is 16.2. The first-order valence-corrected chi connectivity index (χ1v) is 9.66. The van der Waals surface area contributed by atoms with Crippen LogP contribution in [0.4, 0.5) is 0 Å². The fourth-order valence-electron chi connectivity index (χ4n) is 4.06. The molecule has 0 unspecified atom stereocenters. The third-order valence-corrected chi connectivity index (χ3v) is 5.56. The minimum absolute atomic E-state index is 0.00237. The highest BCUT2D eigenvalue weighted by Crippen LogP contribution is 2.26. The molecule has 5 heterocycles. The maximum atomic E-state index is 12.7. The predicted octanol–water partition coefficient (Wildman–Crippen LogP) is 1.49. The molecule has 1 N–H and O–H groups in total. The largest absolute Gasteiger partial charge is 0.341 e. The zero-order chi connectivity index (χ0) is 20.8. The molecule has 0 spiro atoms. The van der Waals surface area contributed by atoms with Gasteiger partial charge in [0.2, 0.25) is 5.91 Å². The molecule has 1 aliphatic rings. The molecule has 1 atom stereocenters. The monoisotopic (exact) mass is 402 g/mol. The number of amides is 1. The van der Waals surface area contributed by atoms with E-state index in [1.165, 1.54) is 0 Å². The number of hydrogen-bond acceptors (Lipinski definition) is 6. The molecule has 10 nitrogen and oxygen atoms in total. The van der Waals surface area contributed by atoms with Crippen LogP contribution in [0.15, 0.2) is 35.5 Å². The van der Waals surface area contributed by atoms with Gasteiger partial charge in [-0.25, -0.2) is 19.3 Å². The Morgan fingerprint density at radius 2 is 2.23 bits per heavy atom. The average molecular weight is 402 g/mol. The molecule has 10 heteroatoms. The lowest BCUT2D eigenvalue weighted by Gasteiger charge is -2.32. The zero-order valence-electron chi connectivity index (χ0n) is 16.2. The number of pyridine rings is 1. The second kappa shape index (κ2) is 6.81. The fourth-order valence-corrected chi connectivity index (χ4v) is 4.06. The molecular formula is C20H18N8O2. The molecule has 0 aromatic carbocycles. The number of piperidine rings is 1. The molecular weight excluding hydrogens is 384 g/mol. The molecule has 0 bridgehead atoms. The van der Waals surface area contributed by atoms with Gasteiger partial charge in [0.1, 0.15) is 5.52 Å². The number of imidazole rings is 1. The molecule has 1 amide bonds. The summed E-state index contributed by atoms with van der Waals surface area (Å²) in [6.07, 6.45) is 6.55. The molecule has 4 aromatic heterocycles. The fraction of sp³-hybridized carbons (Fsp3) is 0.300. The summed E-state index contributed by atoms with van der Waals surface area (Å²) in [4.78, 5) is 38.2. The van der Waals surface area contributed by atoms with E-state index in [4.69, 9.17) is 0 Å². The first-order chi connectivity index (χ1) is 14.5. The minimum Gasteiger partial charge on any atom is -0.341 e. The highest BCUT2D eigenvalue weighted by molar-refractivity contribution is 5.80. The lowest BCUT2D eigenvalue weighted by molar-refractivity contribution is -0.130. The van der Waals surface area contributed by atoms with E-state index in [1.54, 1.807) is 51.6 Å². The van der Waals surface area contributed by atoms with Crippen molar-refractivity contribution in [1.82, 2.24) is 34.0 Å². The number of carbonyl (C=O) groups excluding carboxylic acids is 1. The van der Waals surface area contributed by atoms with Crippen molar-refractivity contribution in [1.29, 1.82) is 5.26 Å². The summed E-state index contributed by atoms with van der Waals surface area (Å²) in [7, 11) is 0. The van der Waals surface area contributed by atoms with Crippen molar-refractivity contribution in [3.8, 4) is 17.5 Å². The molecule has 1 aliphatic heterocycles. The molecule has 0 saturated carbocycles. The Bertz CT molecular complexity index is 1390. The van der Waals surface area contributed by atoms with Gasteiger partial charge in [-0.1, -0.05) is 0 Å². The number of hydrogen-bond donors (Lipinski definition) is 1. The number of fused-ring (bicyclic) bond motifs is 2. The number of H-pyrrole nitrogens is 1. The van der Waals surface area contributed by atoms with Crippen molar-refractivity contribution in [3.05, 3.63) is 46.8 Å². The van der Waals surface area contributed by atoms with E-state index in [0.717, 1.165) is 12.8 Å². The third kappa shape index (κ3) is 2.83. The highest BCUT2D eigenvalue weighted by atomic mass is 16.2. The van der Waals surface area contributed by atoms with Crippen molar-refractivity contribution in [2.75, 3.05) is 13.1 Å². The van der Waals surface area contributed by atoms with Gasteiger partial charge in [0.05, 0.1) is 41.1 Å². The second-order valence-corrected chi connectivity index (χ2v) is 7.41. The van der Waals surface area contributed by atoms with Gasteiger partial charge in [-0.3, -0.25) is 9.36 Å². The summed E-state index contributed by atoms with van der Waals surface area (Å²) in [5.74, 6) is 0.419. The second-order valence-electron chi connectivity index (χ2n) is 7.41. The first kappa shape index (κ1) is 18.1. The van der Waals surface area contributed by atoms with Crippen LogP contribution in [0.3, 0.4) is 0 Å². The Morgan fingerprint density at radius 1 is 1.37 bits per heavy atom. The van der Waals surface area contributed by atoms with Crippen molar-refractivity contribution < 1.29 is 4.79 Å². The van der Waals surface area contributed by atoms with E-state index in [0.29, 0.717) is 46.7 Å². The molecule has 0 radical (unpaired) electrons. The number of nitriles is 1. The summed E-state index contributed by atoms with van der Waals surface area (Å²) >= 11 is 0. The van der Waals surface area contributed by atoms with Gasteiger partial charge in [-0.15, -0.1) is 0 Å². The summed E-state index contributed by atoms with van der Waals surface area (Å²) in [5, 5.41) is 13.5. The molecule has 1 saturated heterocycles. The Labute approximate surface area is 170 Å². The SMILES string of the molecule is CC(=O)N1CCC[C@H](n2c(=O)[nH]c3cnc(-c4cnn5ccc(C#N)cc45)nc32)C1. The lowest BCUT2D eigenvalue weighted by Crippen LogP contribution is -2.41. The number of likely N-dealkylation sites (tertiary alicyclic amines) is 1. The maximum Gasteiger partial charge on any atom is 0.328 e. The van der Waals surface area contributed by atoms with E-state index in [-0.39, 0.29) is 17.6 Å². The van der Waals surface area contributed by atoms with Crippen LogP contribution >= 0.6 is 0 Å². The molecule has 1 fully saturated rings. The summed E-state index contributed by atoms with van der Waals surface area (Å²) in [5.41, 5.74) is 2.66. The van der Waals surface area contributed by atoms with Crippen molar-refractivity contribution >= 4 is 22.6 Å². The third-order valence-electron chi connectivity index (χ3n) is 5.56. The minimum atomic E-state index is -0.265. The number of rotatable bonds is 2. The van der Waals surface area contributed by atoms with Crippen molar-refractivity contribution in [2.45, 2.75) is 25.8 Å². The van der Waals surface area contributed by atoms with Crippen molar-refractivity contribution in [3.63, 3.8) is 0 Å². The van der Waals surface area contributed by atoms with Crippen LogP contribution in [0.1, 0.15) is 31.4 Å². The maximum absolute atomic E-state index is 12.7. The average Bonchev–Trinajstić information content (AvgIpc) is 3.32. The van der Waals surface area contributed by atoms with Crippen LogP contribution in [0.5, 0.6) is 0 Å². The van der Waals surface area contributed by atoms with Gasteiger partial charge in [-0.05, 0) is 25.0 Å². The topological polar surface area (TPSA) is 125 Å². The van der Waals surface area contributed by atoms with Gasteiger partial charge in [0, 0.05) is 26.2 Å². The van der Waals surface area contributed by atoms with Crippen LogP contribution < -0.4 is 5.69 Å². The van der Waals surface area contributed by atoms with E-state index in [2.05, 4.69) is 26.1 Å². The van der Waals surface area contributed by atoms with Gasteiger partial charge in [0.15, 0.2) is 11.5 Å². The quantitative estimate of drug-likeness (QED) is 0.541. The molecule has 5 rings (SSSR count). The normalized spacial score (nSPS) is 16.8. The summed E-state index contributed by atoms with van der Waals surface area (Å²) in [6, 6.07) is 5.38. The van der Waals surface area contributed by atoms with Crippen LogP contribution in [-0.2, 0) is 4.79 Å². The Balaban J connectivity index is 1.63. The van der Waals surface area contributed by atoms with E-state index in [9.17, 15) is 14.9 Å². The summed E-state index contributed by atoms with van der Waals surface area (Å²) in [6.45, 7) is 2.72. The van der Waals surface area contributed by atoms with E-state index < -0.39 is 0 Å². The Hall–Kier alpha value is -4.00. The molecule has 30 heavy (non-hydrogen) atoms. The van der Waals surface area contributed by atoms with Gasteiger partial charge >= 0.3 is 5.69 Å². The molecule has 0 aliphatic carbocycles. The van der Waals surface area contributed by atoms with Crippen LogP contribution in [0.25, 0.3) is 28.1 Å². The standard InChI is InChI=1S/C20H18N8O2/c1-12(29)26-5-2-3-14(11-26)28-19-16(24-20(28)30)10-22-18(25-19)15-9-23-27-6-4-13(8-21)7-17(15)27/h4,6-7,9-10,14H,2-3,5,11H2,1H3,(H,24,30)/t14-/m0/s1. The predicted molar refractivity (Wildman–Crippen MR) is 108 cm³/mol. The van der Waals surface area contributed by atoms with Crippen LogP contribution in [0.2, 0.25) is 0 Å². The van der Waals surface area contributed by atoms with Gasteiger partial charge in [-0.2, -0.15) is 10.4 Å². The first-order valence-electron chi connectivity index (χ1n) is 9.66. The number of nitrogens with one attached hydrogen (secondary N) is 1.